The molecule has 2 aromatic carbocycles. The summed E-state index contributed by atoms with van der Waals surface area (Å²) < 4.78 is 25.6. The lowest BCUT2D eigenvalue weighted by Gasteiger charge is -2.09. The maximum absolute atomic E-state index is 12.9. The minimum absolute atomic E-state index is 0.295. The second-order valence-electron chi connectivity index (χ2n) is 5.03. The van der Waals surface area contributed by atoms with Crippen LogP contribution in [-0.2, 0) is 0 Å². The van der Waals surface area contributed by atoms with Crippen LogP contribution in [0.2, 0.25) is 0 Å². The van der Waals surface area contributed by atoms with Crippen LogP contribution in [0.25, 0.3) is 11.1 Å². The number of halogens is 2. The number of carbonyl (C=O) groups excluding carboxylic acids is 1. The third kappa shape index (κ3) is 3.73. The molecule has 120 valence electrons. The Morgan fingerprint density at radius 1 is 0.833 bits per heavy atom. The smallest absolute Gasteiger partial charge is 0.269 e. The zero-order valence-corrected chi connectivity index (χ0v) is 12.5. The van der Waals surface area contributed by atoms with Gasteiger partial charge in [0.25, 0.3) is 5.91 Å². The Morgan fingerprint density at radius 3 is 2.04 bits per heavy atom. The van der Waals surface area contributed by atoms with Gasteiger partial charge in [-0.3, -0.25) is 15.6 Å². The van der Waals surface area contributed by atoms with Crippen LogP contribution in [0.1, 0.15) is 10.4 Å². The number of rotatable bonds is 4. The molecule has 0 aliphatic carbocycles. The number of aromatic nitrogens is 1. The van der Waals surface area contributed by atoms with Gasteiger partial charge in [0.15, 0.2) is 0 Å². The Balaban J connectivity index is 1.65. The fourth-order valence-electron chi connectivity index (χ4n) is 2.11. The molecule has 0 bridgehead atoms. The lowest BCUT2D eigenvalue weighted by Crippen LogP contribution is -2.29. The molecule has 0 atom stereocenters. The van der Waals surface area contributed by atoms with Crippen LogP contribution >= 0.6 is 0 Å². The lowest BCUT2D eigenvalue weighted by molar-refractivity contribution is 0.0962. The number of pyridine rings is 1. The zero-order valence-electron chi connectivity index (χ0n) is 12.5. The predicted molar refractivity (Wildman–Crippen MR) is 87.1 cm³/mol. The van der Waals surface area contributed by atoms with E-state index in [0.29, 0.717) is 11.3 Å². The number of hydrogen-bond acceptors (Lipinski definition) is 3. The molecule has 1 heterocycles. The molecule has 0 aliphatic heterocycles. The Labute approximate surface area is 137 Å². The molecule has 1 aromatic heterocycles. The fourth-order valence-corrected chi connectivity index (χ4v) is 2.11. The van der Waals surface area contributed by atoms with Gasteiger partial charge in [-0.25, -0.2) is 9.37 Å². The Morgan fingerprint density at radius 2 is 1.46 bits per heavy atom. The maximum atomic E-state index is 12.9. The monoisotopic (exact) mass is 325 g/mol. The van der Waals surface area contributed by atoms with Crippen molar-refractivity contribution >= 4 is 11.6 Å². The summed E-state index contributed by atoms with van der Waals surface area (Å²) in [7, 11) is 0. The number of hydrazine groups is 1. The van der Waals surface area contributed by atoms with Crippen molar-refractivity contribution in [3.05, 3.63) is 84.2 Å². The first kappa shape index (κ1) is 15.6. The van der Waals surface area contributed by atoms with E-state index in [1.807, 2.05) is 0 Å². The summed E-state index contributed by atoms with van der Waals surface area (Å²) in [4.78, 5) is 15.5. The van der Waals surface area contributed by atoms with Crippen molar-refractivity contribution in [2.24, 2.45) is 0 Å². The topological polar surface area (TPSA) is 54.0 Å². The maximum Gasteiger partial charge on any atom is 0.269 e. The van der Waals surface area contributed by atoms with Gasteiger partial charge in [0.2, 0.25) is 5.95 Å². The molecule has 0 fully saturated rings. The standard InChI is InChI=1S/C18H13F2N3O/c19-15-7-5-13(6-8-15)12-1-3-14(4-2-12)18(24)23-22-16-9-10-17(20)21-11-16/h1-11,22H,(H,23,24). The largest absolute Gasteiger partial charge is 0.297 e. The van der Waals surface area contributed by atoms with Crippen LogP contribution in [0.3, 0.4) is 0 Å². The summed E-state index contributed by atoms with van der Waals surface area (Å²) in [5.74, 6) is -1.23. The molecule has 0 spiro atoms. The van der Waals surface area contributed by atoms with Crippen molar-refractivity contribution in [3.8, 4) is 11.1 Å². The normalized spacial score (nSPS) is 10.2. The molecular formula is C18H13F2N3O. The summed E-state index contributed by atoms with van der Waals surface area (Å²) in [6.45, 7) is 0. The number of hydrogen-bond donors (Lipinski definition) is 2. The first-order valence-corrected chi connectivity index (χ1v) is 7.16. The van der Waals surface area contributed by atoms with Gasteiger partial charge in [-0.05, 0) is 47.5 Å². The summed E-state index contributed by atoms with van der Waals surface area (Å²) in [6, 6.07) is 15.7. The number of benzene rings is 2. The van der Waals surface area contributed by atoms with Crippen LogP contribution < -0.4 is 10.9 Å². The second-order valence-corrected chi connectivity index (χ2v) is 5.03. The van der Waals surface area contributed by atoms with Gasteiger partial charge in [0.1, 0.15) is 5.82 Å². The average Bonchev–Trinajstić information content (AvgIpc) is 2.62. The van der Waals surface area contributed by atoms with E-state index >= 15 is 0 Å². The molecule has 2 N–H and O–H groups in total. The SMILES string of the molecule is O=C(NNc1ccc(F)nc1)c1ccc(-c2ccc(F)cc2)cc1. The van der Waals surface area contributed by atoms with Crippen LogP contribution in [0.4, 0.5) is 14.5 Å². The molecule has 6 heteroatoms. The molecule has 1 amide bonds. The van der Waals surface area contributed by atoms with E-state index in [0.717, 1.165) is 11.1 Å². The Hall–Kier alpha value is -3.28. The second kappa shape index (κ2) is 6.87. The summed E-state index contributed by atoms with van der Waals surface area (Å²) in [5, 5.41) is 0. The fraction of sp³-hybridized carbons (Fsp3) is 0. The molecule has 0 radical (unpaired) electrons. The highest BCUT2D eigenvalue weighted by Crippen LogP contribution is 2.20. The summed E-state index contributed by atoms with van der Waals surface area (Å²) in [6.07, 6.45) is 1.27. The van der Waals surface area contributed by atoms with Gasteiger partial charge in [0.05, 0.1) is 11.9 Å². The van der Waals surface area contributed by atoms with Gasteiger partial charge < -0.3 is 0 Å². The highest BCUT2D eigenvalue weighted by molar-refractivity contribution is 5.95. The van der Waals surface area contributed by atoms with Crippen LogP contribution in [0.5, 0.6) is 0 Å². The quantitative estimate of drug-likeness (QED) is 0.567. The van der Waals surface area contributed by atoms with Crippen molar-refractivity contribution < 1.29 is 13.6 Å². The zero-order chi connectivity index (χ0) is 16.9. The minimum atomic E-state index is -0.594. The van der Waals surface area contributed by atoms with E-state index in [9.17, 15) is 13.6 Å². The molecule has 3 aromatic rings. The van der Waals surface area contributed by atoms with Gasteiger partial charge in [-0.1, -0.05) is 24.3 Å². The van der Waals surface area contributed by atoms with Crippen molar-refractivity contribution in [2.75, 3.05) is 5.43 Å². The van der Waals surface area contributed by atoms with Crippen LogP contribution in [0, 0.1) is 11.8 Å². The van der Waals surface area contributed by atoms with Gasteiger partial charge in [0, 0.05) is 5.56 Å². The molecule has 0 aliphatic rings. The molecular weight excluding hydrogens is 312 g/mol. The van der Waals surface area contributed by atoms with Crippen LogP contribution in [-0.4, -0.2) is 10.9 Å². The third-order valence-corrected chi connectivity index (χ3v) is 3.37. The number of nitrogens with one attached hydrogen (secondary N) is 2. The first-order chi connectivity index (χ1) is 11.6. The van der Waals surface area contributed by atoms with E-state index in [2.05, 4.69) is 15.8 Å². The lowest BCUT2D eigenvalue weighted by atomic mass is 10.0. The summed E-state index contributed by atoms with van der Waals surface area (Å²) in [5.41, 5.74) is 7.80. The molecule has 0 unspecified atom stereocenters. The van der Waals surface area contributed by atoms with Crippen molar-refractivity contribution in [2.45, 2.75) is 0 Å². The molecule has 4 nitrogen and oxygen atoms in total. The van der Waals surface area contributed by atoms with Gasteiger partial charge >= 0.3 is 0 Å². The van der Waals surface area contributed by atoms with Crippen molar-refractivity contribution in [1.82, 2.24) is 10.4 Å². The van der Waals surface area contributed by atoms with E-state index in [-0.39, 0.29) is 11.7 Å². The van der Waals surface area contributed by atoms with Crippen molar-refractivity contribution in [3.63, 3.8) is 0 Å². The third-order valence-electron chi connectivity index (χ3n) is 3.37. The highest BCUT2D eigenvalue weighted by Gasteiger charge is 2.06. The average molecular weight is 325 g/mol. The highest BCUT2D eigenvalue weighted by atomic mass is 19.1. The Bertz CT molecular complexity index is 832. The van der Waals surface area contributed by atoms with E-state index in [4.69, 9.17) is 0 Å². The number of amides is 1. The first-order valence-electron chi connectivity index (χ1n) is 7.16. The number of anilines is 1. The Kier molecular flexibility index (Phi) is 4.47. The van der Waals surface area contributed by atoms with E-state index < -0.39 is 5.95 Å². The van der Waals surface area contributed by atoms with E-state index in [1.54, 1.807) is 36.4 Å². The molecule has 0 saturated heterocycles. The van der Waals surface area contributed by atoms with Crippen LogP contribution in [0.15, 0.2) is 66.9 Å². The minimum Gasteiger partial charge on any atom is -0.297 e. The number of carbonyl (C=O) groups is 1. The predicted octanol–water partition coefficient (Wildman–Crippen LogP) is 3.78. The summed E-state index contributed by atoms with van der Waals surface area (Å²) >= 11 is 0. The van der Waals surface area contributed by atoms with Crippen molar-refractivity contribution in [1.29, 1.82) is 0 Å². The number of nitrogens with zero attached hydrogens (tertiary/aromatic N) is 1. The molecule has 3 rings (SSSR count). The van der Waals surface area contributed by atoms with Gasteiger partial charge in [-0.2, -0.15) is 4.39 Å². The molecule has 24 heavy (non-hydrogen) atoms. The van der Waals surface area contributed by atoms with E-state index in [1.165, 1.54) is 30.5 Å². The molecule has 0 saturated carbocycles. The van der Waals surface area contributed by atoms with Gasteiger partial charge in [-0.15, -0.1) is 0 Å².